The lowest BCUT2D eigenvalue weighted by atomic mass is 10.2. The smallest absolute Gasteiger partial charge is 0.233 e. The molecule has 0 bridgehead atoms. The van der Waals surface area contributed by atoms with Crippen molar-refractivity contribution < 1.29 is 4.79 Å². The molecule has 1 aromatic carbocycles. The van der Waals surface area contributed by atoms with Crippen LogP contribution in [-0.2, 0) is 4.79 Å². The molecule has 2 nitrogen and oxygen atoms in total. The highest BCUT2D eigenvalue weighted by Crippen LogP contribution is 2.26. The van der Waals surface area contributed by atoms with E-state index in [4.69, 9.17) is 11.6 Å². The summed E-state index contributed by atoms with van der Waals surface area (Å²) in [5, 5.41) is 3.76. The van der Waals surface area contributed by atoms with E-state index < -0.39 is 0 Å². The average Bonchev–Trinajstić information content (AvgIpc) is 2.38. The van der Waals surface area contributed by atoms with Gasteiger partial charge in [0, 0.05) is 16.0 Å². The van der Waals surface area contributed by atoms with Gasteiger partial charge < -0.3 is 5.32 Å². The molecule has 0 saturated carbocycles. The number of halogens is 1. The molecule has 0 radical (unpaired) electrons. The first-order valence-corrected chi connectivity index (χ1v) is 8.05. The van der Waals surface area contributed by atoms with Crippen molar-refractivity contribution in [3.8, 4) is 0 Å². The Bertz CT molecular complexity index is 394. The first-order valence-electron chi connectivity index (χ1n) is 6.79. The molecule has 1 rings (SSSR count). The lowest BCUT2D eigenvalue weighted by Gasteiger charge is -2.18. The van der Waals surface area contributed by atoms with Crippen LogP contribution in [0.2, 0.25) is 5.02 Å². The van der Waals surface area contributed by atoms with Crippen molar-refractivity contribution >= 4 is 29.3 Å². The summed E-state index contributed by atoms with van der Waals surface area (Å²) in [4.78, 5) is 13.3. The normalized spacial score (nSPS) is 13.9. The molecule has 0 aliphatic rings. The third-order valence-corrected chi connectivity index (χ3v) is 4.49. The van der Waals surface area contributed by atoms with Gasteiger partial charge in [0.15, 0.2) is 0 Å². The van der Waals surface area contributed by atoms with E-state index in [1.54, 1.807) is 11.8 Å². The van der Waals surface area contributed by atoms with Gasteiger partial charge in [-0.2, -0.15) is 0 Å². The second-order valence-corrected chi connectivity index (χ2v) is 6.38. The van der Waals surface area contributed by atoms with Crippen LogP contribution in [0.4, 0.5) is 0 Å². The summed E-state index contributed by atoms with van der Waals surface area (Å²) in [5.41, 5.74) is 0. The zero-order valence-electron chi connectivity index (χ0n) is 11.8. The molecule has 19 heavy (non-hydrogen) atoms. The third-order valence-electron chi connectivity index (χ3n) is 2.87. The van der Waals surface area contributed by atoms with Gasteiger partial charge in [0.25, 0.3) is 0 Å². The van der Waals surface area contributed by atoms with Gasteiger partial charge in [-0.1, -0.05) is 31.9 Å². The van der Waals surface area contributed by atoms with E-state index in [1.807, 2.05) is 31.2 Å². The molecule has 0 spiro atoms. The van der Waals surface area contributed by atoms with Crippen LogP contribution < -0.4 is 5.32 Å². The number of hydrogen-bond acceptors (Lipinski definition) is 2. The summed E-state index contributed by atoms with van der Waals surface area (Å²) in [7, 11) is 0. The first kappa shape index (κ1) is 16.4. The van der Waals surface area contributed by atoms with Crippen molar-refractivity contribution in [3.05, 3.63) is 29.3 Å². The Morgan fingerprint density at radius 1 is 1.32 bits per heavy atom. The lowest BCUT2D eigenvalue weighted by molar-refractivity contribution is -0.121. The van der Waals surface area contributed by atoms with Gasteiger partial charge in [0.1, 0.15) is 0 Å². The van der Waals surface area contributed by atoms with Crippen molar-refractivity contribution in [1.82, 2.24) is 5.32 Å². The molecule has 1 aromatic rings. The molecule has 1 amide bonds. The fourth-order valence-electron chi connectivity index (χ4n) is 1.84. The van der Waals surface area contributed by atoms with Gasteiger partial charge in [-0.15, -0.1) is 11.8 Å². The Morgan fingerprint density at radius 3 is 2.47 bits per heavy atom. The summed E-state index contributed by atoms with van der Waals surface area (Å²) in [6, 6.07) is 7.87. The molecule has 0 fully saturated rings. The van der Waals surface area contributed by atoms with E-state index in [-0.39, 0.29) is 17.2 Å². The van der Waals surface area contributed by atoms with Gasteiger partial charge >= 0.3 is 0 Å². The Kier molecular flexibility index (Phi) is 7.32. The molecule has 2 unspecified atom stereocenters. The summed E-state index contributed by atoms with van der Waals surface area (Å²) < 4.78 is 0. The molecular formula is C15H22ClNOS. The van der Waals surface area contributed by atoms with Crippen LogP contribution in [0.3, 0.4) is 0 Å². The van der Waals surface area contributed by atoms with Crippen LogP contribution in [-0.4, -0.2) is 17.2 Å². The highest BCUT2D eigenvalue weighted by molar-refractivity contribution is 8.00. The maximum absolute atomic E-state index is 12.2. The summed E-state index contributed by atoms with van der Waals surface area (Å²) in [6.45, 7) is 6.22. The van der Waals surface area contributed by atoms with Gasteiger partial charge in [-0.3, -0.25) is 4.79 Å². The van der Waals surface area contributed by atoms with Crippen LogP contribution in [0.5, 0.6) is 0 Å². The topological polar surface area (TPSA) is 29.1 Å². The fourth-order valence-corrected chi connectivity index (χ4v) is 2.93. The van der Waals surface area contributed by atoms with Crippen LogP contribution in [0.15, 0.2) is 29.2 Å². The van der Waals surface area contributed by atoms with Crippen LogP contribution in [0.25, 0.3) is 0 Å². The van der Waals surface area contributed by atoms with E-state index >= 15 is 0 Å². The molecule has 0 aliphatic carbocycles. The first-order chi connectivity index (χ1) is 9.06. The van der Waals surface area contributed by atoms with E-state index in [0.717, 1.165) is 29.2 Å². The monoisotopic (exact) mass is 299 g/mol. The summed E-state index contributed by atoms with van der Waals surface area (Å²) in [5.74, 6) is 0.128. The minimum Gasteiger partial charge on any atom is -0.353 e. The Morgan fingerprint density at radius 2 is 1.95 bits per heavy atom. The molecule has 0 saturated heterocycles. The zero-order valence-corrected chi connectivity index (χ0v) is 13.4. The second-order valence-electron chi connectivity index (χ2n) is 4.67. The Labute approximate surface area is 125 Å². The van der Waals surface area contributed by atoms with E-state index in [9.17, 15) is 4.79 Å². The van der Waals surface area contributed by atoms with Gasteiger partial charge in [0.05, 0.1) is 5.25 Å². The highest BCUT2D eigenvalue weighted by Gasteiger charge is 2.19. The number of thioether (sulfide) groups is 1. The standard InChI is InChI=1S/C15H22ClNOS/c1-4-6-11(3)17-15(18)14(5-2)19-13-9-7-12(16)8-10-13/h7-11,14H,4-6H2,1-3H3,(H,17,18). The average molecular weight is 300 g/mol. The molecule has 0 aromatic heterocycles. The lowest BCUT2D eigenvalue weighted by Crippen LogP contribution is -2.38. The SMILES string of the molecule is CCCC(C)NC(=O)C(CC)Sc1ccc(Cl)cc1. The van der Waals surface area contributed by atoms with E-state index in [2.05, 4.69) is 19.2 Å². The Hall–Kier alpha value is -0.670. The maximum atomic E-state index is 12.2. The number of carbonyl (C=O) groups excluding carboxylic acids is 1. The number of rotatable bonds is 7. The number of amides is 1. The minimum absolute atomic E-state index is 0.0412. The number of benzene rings is 1. The van der Waals surface area contributed by atoms with E-state index in [0.29, 0.717) is 0 Å². The molecular weight excluding hydrogens is 278 g/mol. The van der Waals surface area contributed by atoms with Crippen molar-refractivity contribution in [2.75, 3.05) is 0 Å². The second kappa shape index (κ2) is 8.49. The van der Waals surface area contributed by atoms with Gasteiger partial charge in [-0.25, -0.2) is 0 Å². The predicted molar refractivity (Wildman–Crippen MR) is 83.9 cm³/mol. The number of carbonyl (C=O) groups is 1. The number of nitrogens with one attached hydrogen (secondary N) is 1. The predicted octanol–water partition coefficient (Wildman–Crippen LogP) is 4.52. The molecule has 4 heteroatoms. The third kappa shape index (κ3) is 5.87. The van der Waals surface area contributed by atoms with Gasteiger partial charge in [-0.05, 0) is 44.0 Å². The largest absolute Gasteiger partial charge is 0.353 e. The van der Waals surface area contributed by atoms with Crippen molar-refractivity contribution in [3.63, 3.8) is 0 Å². The zero-order chi connectivity index (χ0) is 14.3. The molecule has 1 N–H and O–H groups in total. The minimum atomic E-state index is -0.0412. The Balaban J connectivity index is 2.57. The van der Waals surface area contributed by atoms with Crippen molar-refractivity contribution in [1.29, 1.82) is 0 Å². The van der Waals surface area contributed by atoms with Gasteiger partial charge in [0.2, 0.25) is 5.91 Å². The van der Waals surface area contributed by atoms with Crippen LogP contribution in [0.1, 0.15) is 40.0 Å². The maximum Gasteiger partial charge on any atom is 0.233 e. The molecule has 0 heterocycles. The van der Waals surface area contributed by atoms with Crippen molar-refractivity contribution in [2.24, 2.45) is 0 Å². The number of hydrogen-bond donors (Lipinski definition) is 1. The molecule has 0 aliphatic heterocycles. The molecule has 106 valence electrons. The van der Waals surface area contributed by atoms with Crippen LogP contribution >= 0.6 is 23.4 Å². The fraction of sp³-hybridized carbons (Fsp3) is 0.533. The highest BCUT2D eigenvalue weighted by atomic mass is 35.5. The van der Waals surface area contributed by atoms with Crippen molar-refractivity contribution in [2.45, 2.75) is 56.2 Å². The molecule has 2 atom stereocenters. The van der Waals surface area contributed by atoms with Crippen LogP contribution in [0, 0.1) is 0 Å². The quantitative estimate of drug-likeness (QED) is 0.750. The summed E-state index contributed by atoms with van der Waals surface area (Å²) in [6.07, 6.45) is 2.92. The van der Waals surface area contributed by atoms with E-state index in [1.165, 1.54) is 0 Å². The summed E-state index contributed by atoms with van der Waals surface area (Å²) >= 11 is 7.45.